The van der Waals surface area contributed by atoms with Crippen LogP contribution in [0.4, 0.5) is 29.5 Å². The molecule has 0 radical (unpaired) electrons. The Bertz CT molecular complexity index is 1020. The molecule has 0 fully saturated rings. The maximum atomic E-state index is 13.3. The van der Waals surface area contributed by atoms with Crippen LogP contribution in [0, 0.1) is 0 Å². The average molecular weight is 482 g/mol. The Morgan fingerprint density at radius 3 is 2.18 bits per heavy atom. The van der Waals surface area contributed by atoms with E-state index in [0.717, 1.165) is 11.8 Å². The van der Waals surface area contributed by atoms with Gasteiger partial charge in [0.15, 0.2) is 0 Å². The molecule has 0 atom stereocenters. The Hall–Kier alpha value is -3.04. The van der Waals surface area contributed by atoms with Crippen LogP contribution < -0.4 is 10.6 Å². The Balaban J connectivity index is 2.22. The number of carbonyl (C=O) groups is 2. The highest BCUT2D eigenvalue weighted by Gasteiger charge is 2.34. The molecule has 0 saturated heterocycles. The molecule has 0 unspecified atom stereocenters. The van der Waals surface area contributed by atoms with Gasteiger partial charge in [0.25, 0.3) is 0 Å². The van der Waals surface area contributed by atoms with Crippen LogP contribution in [0.5, 0.6) is 0 Å². The molecule has 2 N–H and O–H groups in total. The highest BCUT2D eigenvalue weighted by Crippen LogP contribution is 2.34. The van der Waals surface area contributed by atoms with Gasteiger partial charge in [-0.2, -0.15) is 18.3 Å². The van der Waals surface area contributed by atoms with Gasteiger partial charge in [-0.15, -0.1) is 0 Å². The van der Waals surface area contributed by atoms with Crippen molar-refractivity contribution in [3.05, 3.63) is 41.6 Å². The Kier molecular flexibility index (Phi) is 8.06. The van der Waals surface area contributed by atoms with Crippen molar-refractivity contribution in [2.45, 2.75) is 72.0 Å². The van der Waals surface area contributed by atoms with E-state index in [1.807, 2.05) is 48.5 Å². The second kappa shape index (κ2) is 10.1. The van der Waals surface area contributed by atoms with Crippen molar-refractivity contribution < 1.29 is 22.8 Å². The minimum Gasteiger partial charge on any atom is -0.315 e. The van der Waals surface area contributed by atoms with Gasteiger partial charge in [0, 0.05) is 18.0 Å². The lowest BCUT2D eigenvalue weighted by Gasteiger charge is -2.25. The van der Waals surface area contributed by atoms with Gasteiger partial charge in [-0.1, -0.05) is 39.8 Å². The van der Waals surface area contributed by atoms with Crippen molar-refractivity contribution in [3.8, 4) is 0 Å². The van der Waals surface area contributed by atoms with Crippen molar-refractivity contribution in [2.75, 3.05) is 23.7 Å². The summed E-state index contributed by atoms with van der Waals surface area (Å²) in [6, 6.07) is 5.75. The molecular weight excluding hydrogens is 447 g/mol. The maximum absolute atomic E-state index is 13.3. The summed E-state index contributed by atoms with van der Waals surface area (Å²) >= 11 is 0. The quantitative estimate of drug-likeness (QED) is 0.544. The molecule has 7 nitrogen and oxygen atoms in total. The van der Waals surface area contributed by atoms with E-state index in [0.29, 0.717) is 12.2 Å². The number of nitrogens with zero attached hydrogens (tertiary/aromatic N) is 3. The Morgan fingerprint density at radius 1 is 1.03 bits per heavy atom. The highest BCUT2D eigenvalue weighted by molar-refractivity contribution is 5.97. The number of anilines is 2. The van der Waals surface area contributed by atoms with Crippen LogP contribution in [0.3, 0.4) is 0 Å². The van der Waals surface area contributed by atoms with Crippen molar-refractivity contribution >= 4 is 23.4 Å². The van der Waals surface area contributed by atoms with E-state index in [1.54, 1.807) is 10.7 Å². The number of aromatic nitrogens is 2. The van der Waals surface area contributed by atoms with Crippen LogP contribution in [-0.4, -0.2) is 39.7 Å². The first-order valence-corrected chi connectivity index (χ1v) is 11.2. The molecule has 0 bridgehead atoms. The Morgan fingerprint density at radius 2 is 1.65 bits per heavy atom. The highest BCUT2D eigenvalue weighted by atomic mass is 19.4. The third-order valence-electron chi connectivity index (χ3n) is 4.97. The van der Waals surface area contributed by atoms with E-state index < -0.39 is 29.2 Å². The smallest absolute Gasteiger partial charge is 0.315 e. The zero-order chi connectivity index (χ0) is 25.9. The van der Waals surface area contributed by atoms with Crippen molar-refractivity contribution in [1.82, 2.24) is 14.7 Å². The molecule has 1 heterocycles. The summed E-state index contributed by atoms with van der Waals surface area (Å²) in [5, 5.41) is 9.76. The normalized spacial score (nSPS) is 12.4. The number of hydrogen-bond donors (Lipinski definition) is 2. The summed E-state index contributed by atoms with van der Waals surface area (Å²) in [6.07, 6.45) is -4.09. The molecule has 1 aromatic heterocycles. The number of carbonyl (C=O) groups excluding carboxylic acids is 2. The van der Waals surface area contributed by atoms with Crippen LogP contribution in [0.1, 0.15) is 66.1 Å². The molecular formula is C24H34F3N5O2. The van der Waals surface area contributed by atoms with Gasteiger partial charge in [-0.05, 0) is 39.3 Å². The molecule has 2 rings (SSSR count). The average Bonchev–Trinajstić information content (AvgIpc) is 3.12. The zero-order valence-electron chi connectivity index (χ0n) is 20.8. The second-order valence-corrected chi connectivity index (χ2v) is 10.2. The number of alkyl halides is 3. The van der Waals surface area contributed by atoms with E-state index in [4.69, 9.17) is 0 Å². The fraction of sp³-hybridized carbons (Fsp3) is 0.542. The lowest BCUT2D eigenvalue weighted by atomic mass is 9.92. The van der Waals surface area contributed by atoms with Gasteiger partial charge < -0.3 is 15.5 Å². The standard InChI is InChI=1S/C24H34F3N5O2/c1-8-13-31(21(34)28-17-12-10-9-11-16(17)24(25,26)27)15-20(33)29-19-14-18(22(2,3)4)30-32(19)23(5,6)7/h9-12,14H,8,13,15H2,1-7H3,(H,28,34)(H,29,33). The number of benzene rings is 1. The predicted molar refractivity (Wildman–Crippen MR) is 127 cm³/mol. The summed E-state index contributed by atoms with van der Waals surface area (Å²) in [4.78, 5) is 26.8. The Labute approximate surface area is 198 Å². The number of para-hydroxylation sites is 1. The van der Waals surface area contributed by atoms with Gasteiger partial charge in [0.05, 0.1) is 22.5 Å². The molecule has 1 aromatic carbocycles. The van der Waals surface area contributed by atoms with E-state index >= 15 is 0 Å². The molecule has 0 aliphatic heterocycles. The molecule has 0 aliphatic carbocycles. The first-order chi connectivity index (χ1) is 15.5. The van der Waals surface area contributed by atoms with Crippen LogP contribution in [0.15, 0.2) is 30.3 Å². The van der Waals surface area contributed by atoms with Crippen LogP contribution in [0.25, 0.3) is 0 Å². The first-order valence-electron chi connectivity index (χ1n) is 11.2. The summed E-state index contributed by atoms with van der Waals surface area (Å²) in [5.41, 5.74) is -1.16. The summed E-state index contributed by atoms with van der Waals surface area (Å²) in [5.74, 6) is 0.0141. The first kappa shape index (κ1) is 27.2. The van der Waals surface area contributed by atoms with E-state index in [1.165, 1.54) is 23.1 Å². The number of nitrogens with one attached hydrogen (secondary N) is 2. The molecule has 10 heteroatoms. The number of rotatable bonds is 6. The van der Waals surface area contributed by atoms with Gasteiger partial charge >= 0.3 is 12.2 Å². The van der Waals surface area contributed by atoms with Crippen molar-refractivity contribution in [3.63, 3.8) is 0 Å². The third-order valence-corrected chi connectivity index (χ3v) is 4.97. The monoisotopic (exact) mass is 481 g/mol. The molecule has 3 amide bonds. The molecule has 0 aliphatic rings. The van der Waals surface area contributed by atoms with Gasteiger partial charge in [0.2, 0.25) is 5.91 Å². The minimum absolute atomic E-state index is 0.194. The van der Waals surface area contributed by atoms with Crippen LogP contribution in [0.2, 0.25) is 0 Å². The second-order valence-electron chi connectivity index (χ2n) is 10.2. The SMILES string of the molecule is CCCN(CC(=O)Nc1cc(C(C)(C)C)nn1C(C)(C)C)C(=O)Nc1ccccc1C(F)(F)F. The largest absolute Gasteiger partial charge is 0.418 e. The number of amides is 3. The molecule has 0 spiro atoms. The molecule has 188 valence electrons. The van der Waals surface area contributed by atoms with E-state index in [9.17, 15) is 22.8 Å². The van der Waals surface area contributed by atoms with Crippen LogP contribution >= 0.6 is 0 Å². The minimum atomic E-state index is -4.62. The number of urea groups is 1. The fourth-order valence-corrected chi connectivity index (χ4v) is 3.26. The summed E-state index contributed by atoms with van der Waals surface area (Å²) in [6.45, 7) is 13.6. The molecule has 34 heavy (non-hydrogen) atoms. The summed E-state index contributed by atoms with van der Waals surface area (Å²) < 4.78 is 41.6. The van der Waals surface area contributed by atoms with Crippen molar-refractivity contribution in [1.29, 1.82) is 0 Å². The van der Waals surface area contributed by atoms with E-state index in [2.05, 4.69) is 15.7 Å². The van der Waals surface area contributed by atoms with E-state index in [-0.39, 0.29) is 24.2 Å². The van der Waals surface area contributed by atoms with Crippen LogP contribution in [-0.2, 0) is 21.9 Å². The lowest BCUT2D eigenvalue weighted by molar-refractivity contribution is -0.137. The lowest BCUT2D eigenvalue weighted by Crippen LogP contribution is -2.41. The van der Waals surface area contributed by atoms with Gasteiger partial charge in [0.1, 0.15) is 12.4 Å². The fourth-order valence-electron chi connectivity index (χ4n) is 3.26. The maximum Gasteiger partial charge on any atom is 0.418 e. The predicted octanol–water partition coefficient (Wildman–Crippen LogP) is 5.84. The zero-order valence-corrected chi connectivity index (χ0v) is 20.8. The number of hydrogen-bond acceptors (Lipinski definition) is 3. The van der Waals surface area contributed by atoms with Gasteiger partial charge in [-0.3, -0.25) is 4.79 Å². The van der Waals surface area contributed by atoms with Gasteiger partial charge in [-0.25, -0.2) is 9.48 Å². The third kappa shape index (κ3) is 6.98. The van der Waals surface area contributed by atoms with Crippen molar-refractivity contribution in [2.24, 2.45) is 0 Å². The molecule has 0 saturated carbocycles. The number of halogens is 3. The summed E-state index contributed by atoms with van der Waals surface area (Å²) in [7, 11) is 0. The molecule has 2 aromatic rings. The topological polar surface area (TPSA) is 79.3 Å².